The van der Waals surface area contributed by atoms with Crippen LogP contribution in [0.2, 0.25) is 0 Å². The summed E-state index contributed by atoms with van der Waals surface area (Å²) in [5, 5.41) is 14.6. The molecular formula is C62H36N2O2. The number of nitrogens with zero attached hydrogens (tertiary/aromatic N) is 2. The molecule has 66 heavy (non-hydrogen) atoms. The molecule has 0 aliphatic carbocycles. The van der Waals surface area contributed by atoms with Crippen LogP contribution in [0.15, 0.2) is 223 Å². The fourth-order valence-electron chi connectivity index (χ4n) is 11.2. The maximum Gasteiger partial charge on any atom is 0.152 e. The Kier molecular flexibility index (Phi) is 7.19. The highest BCUT2D eigenvalue weighted by atomic mass is 16.5. The van der Waals surface area contributed by atoms with Crippen LogP contribution in [0.5, 0.6) is 11.5 Å². The van der Waals surface area contributed by atoms with Crippen molar-refractivity contribution < 1.29 is 9.15 Å². The molecule has 0 spiro atoms. The summed E-state index contributed by atoms with van der Waals surface area (Å²) in [4.78, 5) is 2.32. The summed E-state index contributed by atoms with van der Waals surface area (Å²) < 4.78 is 15.7. The van der Waals surface area contributed by atoms with Gasteiger partial charge < -0.3 is 18.6 Å². The zero-order valence-corrected chi connectivity index (χ0v) is 35.5. The van der Waals surface area contributed by atoms with Gasteiger partial charge in [0.1, 0.15) is 11.2 Å². The summed E-state index contributed by atoms with van der Waals surface area (Å²) in [5.74, 6) is 1.65. The maximum atomic E-state index is 6.74. The number of ether oxygens (including phenoxy) is 1. The lowest BCUT2D eigenvalue weighted by Gasteiger charge is -2.33. The van der Waals surface area contributed by atoms with Gasteiger partial charge in [-0.05, 0) is 133 Å². The summed E-state index contributed by atoms with van der Waals surface area (Å²) in [6.07, 6.45) is 0. The predicted molar refractivity (Wildman–Crippen MR) is 275 cm³/mol. The average Bonchev–Trinajstić information content (AvgIpc) is 3.92. The summed E-state index contributed by atoms with van der Waals surface area (Å²) >= 11 is 0. The van der Waals surface area contributed by atoms with Gasteiger partial charge in [0, 0.05) is 32.6 Å². The lowest BCUT2D eigenvalue weighted by molar-refractivity contribution is 0.477. The van der Waals surface area contributed by atoms with E-state index in [0.29, 0.717) is 0 Å². The first-order valence-electron chi connectivity index (χ1n) is 22.6. The fourth-order valence-corrected chi connectivity index (χ4v) is 11.2. The molecule has 2 aromatic heterocycles. The van der Waals surface area contributed by atoms with Crippen molar-refractivity contribution >= 4 is 104 Å². The first-order chi connectivity index (χ1) is 32.7. The van der Waals surface area contributed by atoms with Crippen LogP contribution in [0.4, 0.5) is 17.1 Å². The molecule has 0 atom stereocenters. The third-order valence-electron chi connectivity index (χ3n) is 14.1. The first kappa shape index (κ1) is 35.6. The van der Waals surface area contributed by atoms with Crippen LogP contribution in [-0.2, 0) is 0 Å². The summed E-state index contributed by atoms with van der Waals surface area (Å²) in [6.45, 7) is 0. The van der Waals surface area contributed by atoms with Crippen molar-refractivity contribution in [2.45, 2.75) is 0 Å². The predicted octanol–water partition coefficient (Wildman–Crippen LogP) is 17.6. The van der Waals surface area contributed by atoms with Crippen LogP contribution in [0.3, 0.4) is 0 Å². The Balaban J connectivity index is 0.869. The van der Waals surface area contributed by atoms with Crippen molar-refractivity contribution in [1.82, 2.24) is 4.57 Å². The van der Waals surface area contributed by atoms with E-state index in [4.69, 9.17) is 9.15 Å². The second-order valence-corrected chi connectivity index (χ2v) is 17.6. The van der Waals surface area contributed by atoms with Gasteiger partial charge in [-0.3, -0.25) is 0 Å². The van der Waals surface area contributed by atoms with E-state index in [9.17, 15) is 0 Å². The minimum atomic E-state index is 0.818. The van der Waals surface area contributed by atoms with Gasteiger partial charge in [0.05, 0.1) is 28.1 Å². The third-order valence-corrected chi connectivity index (χ3v) is 14.1. The molecule has 0 saturated heterocycles. The zero-order chi connectivity index (χ0) is 43.0. The Morgan fingerprint density at radius 1 is 0.318 bits per heavy atom. The van der Waals surface area contributed by atoms with E-state index >= 15 is 0 Å². The molecule has 0 bridgehead atoms. The van der Waals surface area contributed by atoms with Gasteiger partial charge >= 0.3 is 0 Å². The summed E-state index contributed by atoms with van der Waals surface area (Å²) in [7, 11) is 0. The van der Waals surface area contributed by atoms with E-state index in [1.807, 2.05) is 12.1 Å². The number of anilines is 3. The maximum absolute atomic E-state index is 6.74. The smallest absolute Gasteiger partial charge is 0.152 e. The molecule has 4 heteroatoms. The SMILES string of the molecule is c1ccc2c(c1)Oc1cc(-c3ccc4c(c3)c3ccccc3n4-c3cc4cc5oc6ccccc6c5c5ccc6cccc3c6c45)ccc1N2c1ccc(-c2cccc3ccccc23)cc1. The quantitative estimate of drug-likeness (QED) is 0.165. The molecule has 0 amide bonds. The Morgan fingerprint density at radius 3 is 1.94 bits per heavy atom. The normalized spacial score (nSPS) is 12.6. The summed E-state index contributed by atoms with van der Waals surface area (Å²) in [5.41, 5.74) is 13.0. The molecule has 1 aliphatic heterocycles. The molecule has 0 radical (unpaired) electrons. The van der Waals surface area contributed by atoms with E-state index < -0.39 is 0 Å². The van der Waals surface area contributed by atoms with Crippen molar-refractivity contribution in [3.05, 3.63) is 218 Å². The lowest BCUT2D eigenvalue weighted by Crippen LogP contribution is -2.15. The Hall–Kier alpha value is -8.86. The van der Waals surface area contributed by atoms with E-state index in [1.54, 1.807) is 0 Å². The van der Waals surface area contributed by atoms with Crippen LogP contribution in [-0.4, -0.2) is 4.57 Å². The van der Waals surface area contributed by atoms with Gasteiger partial charge in [-0.1, -0.05) is 146 Å². The van der Waals surface area contributed by atoms with Crippen LogP contribution >= 0.6 is 0 Å². The molecule has 3 heterocycles. The molecule has 0 unspecified atom stereocenters. The number of furan rings is 1. The number of fused-ring (bicyclic) bond motifs is 10. The molecule has 15 rings (SSSR count). The first-order valence-corrected chi connectivity index (χ1v) is 22.6. The molecule has 14 aromatic rings. The Labute approximate surface area is 378 Å². The minimum absolute atomic E-state index is 0.818. The highest BCUT2D eigenvalue weighted by Crippen LogP contribution is 2.52. The van der Waals surface area contributed by atoms with Crippen molar-refractivity contribution in [2.75, 3.05) is 4.90 Å². The fraction of sp³-hybridized carbons (Fsp3) is 0. The Bertz CT molecular complexity index is 4320. The number of benzene rings is 12. The molecule has 0 N–H and O–H groups in total. The third kappa shape index (κ3) is 4.98. The van der Waals surface area contributed by atoms with Gasteiger partial charge in [-0.2, -0.15) is 0 Å². The molecule has 0 fully saturated rings. The van der Waals surface area contributed by atoms with Gasteiger partial charge in [-0.15, -0.1) is 0 Å². The number of hydrogen-bond donors (Lipinski definition) is 0. The second-order valence-electron chi connectivity index (χ2n) is 17.6. The standard InChI is InChI=1S/C62H36N2O2/c1-2-14-44-37(11-1)12-9-17-45(44)38-23-28-43(29-24-38)63-53-20-6-8-22-57(53)66-58-35-41(27-32-54(58)63)40-26-31-52-50(33-40)46-15-3-5-19-51(46)64(52)55-34-42-36-59-62(48-16-4-7-21-56(48)65-59)49-30-25-39-13-10-18-47(55)60(39)61(42)49/h1-36H. The monoisotopic (exact) mass is 840 g/mol. The van der Waals surface area contributed by atoms with Crippen molar-refractivity contribution in [3.63, 3.8) is 0 Å². The minimum Gasteiger partial charge on any atom is -0.456 e. The number of aromatic nitrogens is 1. The van der Waals surface area contributed by atoms with Crippen molar-refractivity contribution in [3.8, 4) is 39.4 Å². The van der Waals surface area contributed by atoms with Crippen LogP contribution in [0, 0.1) is 0 Å². The Morgan fingerprint density at radius 2 is 1.00 bits per heavy atom. The van der Waals surface area contributed by atoms with Crippen LogP contribution in [0.1, 0.15) is 0 Å². The molecule has 4 nitrogen and oxygen atoms in total. The van der Waals surface area contributed by atoms with E-state index in [-0.39, 0.29) is 0 Å². The van der Waals surface area contributed by atoms with Gasteiger partial charge in [0.15, 0.2) is 11.5 Å². The molecule has 0 saturated carbocycles. The number of para-hydroxylation sites is 4. The highest BCUT2D eigenvalue weighted by molar-refractivity contribution is 6.33. The molecule has 1 aliphatic rings. The van der Waals surface area contributed by atoms with Gasteiger partial charge in [-0.25, -0.2) is 0 Å². The molecule has 306 valence electrons. The number of rotatable bonds is 4. The van der Waals surface area contributed by atoms with Crippen LogP contribution < -0.4 is 9.64 Å². The van der Waals surface area contributed by atoms with Gasteiger partial charge in [0.25, 0.3) is 0 Å². The largest absolute Gasteiger partial charge is 0.456 e. The van der Waals surface area contributed by atoms with Crippen molar-refractivity contribution in [2.24, 2.45) is 0 Å². The molecular weight excluding hydrogens is 805 g/mol. The zero-order valence-electron chi connectivity index (χ0n) is 35.5. The highest BCUT2D eigenvalue weighted by Gasteiger charge is 2.27. The van der Waals surface area contributed by atoms with Crippen LogP contribution in [0.25, 0.3) is 115 Å². The van der Waals surface area contributed by atoms with E-state index in [1.165, 1.54) is 75.9 Å². The van der Waals surface area contributed by atoms with Crippen molar-refractivity contribution in [1.29, 1.82) is 0 Å². The summed E-state index contributed by atoms with van der Waals surface area (Å²) in [6, 6.07) is 79.0. The lowest BCUT2D eigenvalue weighted by atomic mass is 9.91. The van der Waals surface area contributed by atoms with E-state index in [0.717, 1.165) is 67.4 Å². The van der Waals surface area contributed by atoms with E-state index in [2.05, 4.69) is 216 Å². The second kappa shape index (κ2) is 13.3. The molecule has 12 aromatic carbocycles. The average molecular weight is 841 g/mol. The number of hydrogen-bond acceptors (Lipinski definition) is 3. The van der Waals surface area contributed by atoms with Gasteiger partial charge in [0.2, 0.25) is 0 Å². The topological polar surface area (TPSA) is 30.5 Å².